The number of nitrogen functional groups attached to an aromatic ring is 1. The topological polar surface area (TPSA) is 104 Å². The van der Waals surface area contributed by atoms with Gasteiger partial charge in [0.1, 0.15) is 5.52 Å². The third-order valence-corrected chi connectivity index (χ3v) is 3.79. The van der Waals surface area contributed by atoms with Gasteiger partial charge in [-0.25, -0.2) is 14.4 Å². The molecule has 2 aromatic heterocycles. The van der Waals surface area contributed by atoms with Gasteiger partial charge in [-0.2, -0.15) is 0 Å². The lowest BCUT2D eigenvalue weighted by Gasteiger charge is -2.09. The summed E-state index contributed by atoms with van der Waals surface area (Å²) in [5.74, 6) is -0.696. The molecule has 0 amide bonds. The highest BCUT2D eigenvalue weighted by Crippen LogP contribution is 2.35. The summed E-state index contributed by atoms with van der Waals surface area (Å²) in [6, 6.07) is 4.85. The molecule has 3 aromatic rings. The Bertz CT molecular complexity index is 894. The van der Waals surface area contributed by atoms with Crippen LogP contribution in [0.3, 0.4) is 0 Å². The summed E-state index contributed by atoms with van der Waals surface area (Å²) in [6.07, 6.45) is 0. The number of benzene rings is 1. The first-order chi connectivity index (χ1) is 10.5. The fourth-order valence-electron chi connectivity index (χ4n) is 1.94. The highest BCUT2D eigenvalue weighted by atomic mass is 35.5. The number of hydrogen-bond acceptors (Lipinski definition) is 7. The van der Waals surface area contributed by atoms with Gasteiger partial charge in [0.2, 0.25) is 0 Å². The third-order valence-electron chi connectivity index (χ3n) is 3.01. The number of aromatic nitrogens is 3. The standard InChI is InChI=1S/C13H8Cl2N4O3/c1-21-13(20)12-10(15)6(16)4-8(17-12)5-2-3-7-11(9(5)14)19-22-18-7/h2-4H,1H3,(H2,16,17). The van der Waals surface area contributed by atoms with Crippen molar-refractivity contribution in [2.24, 2.45) is 0 Å². The van der Waals surface area contributed by atoms with Gasteiger partial charge >= 0.3 is 5.97 Å². The predicted molar refractivity (Wildman–Crippen MR) is 80.8 cm³/mol. The SMILES string of the molecule is COC(=O)c1nc(-c2ccc3nonc3c2Cl)cc(N)c1Cl. The van der Waals surface area contributed by atoms with E-state index in [1.807, 2.05) is 0 Å². The number of anilines is 1. The predicted octanol–water partition coefficient (Wildman–Crippen LogP) is 2.96. The molecule has 22 heavy (non-hydrogen) atoms. The van der Waals surface area contributed by atoms with Crippen molar-refractivity contribution in [1.82, 2.24) is 15.3 Å². The molecule has 0 saturated heterocycles. The molecule has 0 bridgehead atoms. The molecular formula is C13H8Cl2N4O3. The number of pyridine rings is 1. The van der Waals surface area contributed by atoms with E-state index < -0.39 is 5.97 Å². The summed E-state index contributed by atoms with van der Waals surface area (Å²) >= 11 is 12.3. The number of esters is 1. The Labute approximate surface area is 133 Å². The summed E-state index contributed by atoms with van der Waals surface area (Å²) < 4.78 is 9.27. The lowest BCUT2D eigenvalue weighted by atomic mass is 10.1. The van der Waals surface area contributed by atoms with Crippen molar-refractivity contribution in [2.45, 2.75) is 0 Å². The average molecular weight is 339 g/mol. The van der Waals surface area contributed by atoms with Gasteiger partial charge < -0.3 is 10.5 Å². The number of hydrogen-bond donors (Lipinski definition) is 1. The molecule has 0 radical (unpaired) electrons. The molecule has 0 saturated carbocycles. The zero-order valence-corrected chi connectivity index (χ0v) is 12.6. The van der Waals surface area contributed by atoms with E-state index in [-0.39, 0.29) is 21.4 Å². The molecule has 2 heterocycles. The van der Waals surface area contributed by atoms with Crippen LogP contribution in [-0.2, 0) is 4.74 Å². The van der Waals surface area contributed by atoms with Crippen LogP contribution in [0.1, 0.15) is 10.5 Å². The van der Waals surface area contributed by atoms with Gasteiger partial charge in [-0.05, 0) is 28.5 Å². The Kier molecular flexibility index (Phi) is 3.59. The molecule has 9 heteroatoms. The van der Waals surface area contributed by atoms with Crippen LogP contribution >= 0.6 is 23.2 Å². The number of nitrogens with zero attached hydrogens (tertiary/aromatic N) is 3. The van der Waals surface area contributed by atoms with Gasteiger partial charge in [-0.15, -0.1) is 0 Å². The lowest BCUT2D eigenvalue weighted by Crippen LogP contribution is -2.08. The van der Waals surface area contributed by atoms with Gasteiger partial charge in [0.05, 0.1) is 28.5 Å². The van der Waals surface area contributed by atoms with Gasteiger partial charge in [0, 0.05) is 5.56 Å². The van der Waals surface area contributed by atoms with Crippen molar-refractivity contribution in [3.63, 3.8) is 0 Å². The summed E-state index contributed by atoms with van der Waals surface area (Å²) in [4.78, 5) is 15.9. The molecule has 7 nitrogen and oxygen atoms in total. The van der Waals surface area contributed by atoms with E-state index in [1.165, 1.54) is 13.2 Å². The molecule has 0 spiro atoms. The zero-order chi connectivity index (χ0) is 15.9. The number of carbonyl (C=O) groups is 1. The van der Waals surface area contributed by atoms with Gasteiger partial charge in [0.15, 0.2) is 11.2 Å². The number of nitrogens with two attached hydrogens (primary N) is 1. The van der Waals surface area contributed by atoms with Crippen molar-refractivity contribution in [2.75, 3.05) is 12.8 Å². The highest BCUT2D eigenvalue weighted by molar-refractivity contribution is 6.38. The summed E-state index contributed by atoms with van der Waals surface area (Å²) in [6.45, 7) is 0. The van der Waals surface area contributed by atoms with Crippen molar-refractivity contribution in [3.8, 4) is 11.3 Å². The van der Waals surface area contributed by atoms with Crippen LogP contribution in [0.5, 0.6) is 0 Å². The second-order valence-corrected chi connectivity index (χ2v) is 5.07. The van der Waals surface area contributed by atoms with E-state index in [1.54, 1.807) is 12.1 Å². The minimum Gasteiger partial charge on any atom is -0.464 e. The van der Waals surface area contributed by atoms with E-state index in [0.717, 1.165) is 0 Å². The number of carbonyl (C=O) groups excluding carboxylic acids is 1. The number of rotatable bonds is 2. The zero-order valence-electron chi connectivity index (χ0n) is 11.1. The Morgan fingerprint density at radius 1 is 1.27 bits per heavy atom. The highest BCUT2D eigenvalue weighted by Gasteiger charge is 2.20. The number of fused-ring (bicyclic) bond motifs is 1. The molecule has 112 valence electrons. The van der Waals surface area contributed by atoms with Crippen LogP contribution < -0.4 is 5.73 Å². The second kappa shape index (κ2) is 5.43. The second-order valence-electron chi connectivity index (χ2n) is 4.31. The van der Waals surface area contributed by atoms with Crippen molar-refractivity contribution in [3.05, 3.63) is 33.9 Å². The van der Waals surface area contributed by atoms with Gasteiger partial charge in [-0.1, -0.05) is 23.2 Å². The van der Waals surface area contributed by atoms with Crippen molar-refractivity contribution < 1.29 is 14.2 Å². The van der Waals surface area contributed by atoms with Crippen molar-refractivity contribution >= 4 is 45.9 Å². The van der Waals surface area contributed by atoms with Crippen LogP contribution in [0.2, 0.25) is 10.0 Å². The Balaban J connectivity index is 2.24. The molecule has 2 N–H and O–H groups in total. The fourth-order valence-corrected chi connectivity index (χ4v) is 2.40. The molecule has 0 atom stereocenters. The van der Waals surface area contributed by atoms with Gasteiger partial charge in [-0.3, -0.25) is 0 Å². The van der Waals surface area contributed by atoms with E-state index in [9.17, 15) is 4.79 Å². The summed E-state index contributed by atoms with van der Waals surface area (Å²) in [5, 5.41) is 7.72. The van der Waals surface area contributed by atoms with Crippen LogP contribution in [0, 0.1) is 0 Å². The quantitative estimate of drug-likeness (QED) is 0.716. The average Bonchev–Trinajstić information content (AvgIpc) is 2.99. The molecule has 1 aromatic carbocycles. The molecule has 0 aliphatic rings. The molecule has 3 rings (SSSR count). The van der Waals surface area contributed by atoms with Crippen LogP contribution in [0.4, 0.5) is 5.69 Å². The van der Waals surface area contributed by atoms with Crippen molar-refractivity contribution in [1.29, 1.82) is 0 Å². The Morgan fingerprint density at radius 3 is 2.77 bits per heavy atom. The maximum absolute atomic E-state index is 11.7. The van der Waals surface area contributed by atoms with E-state index in [4.69, 9.17) is 28.9 Å². The first kappa shape index (κ1) is 14.6. The Hall–Kier alpha value is -2.38. The number of methoxy groups -OCH3 is 1. The Morgan fingerprint density at radius 2 is 2.05 bits per heavy atom. The number of ether oxygens (including phenoxy) is 1. The minimum atomic E-state index is -0.696. The molecular weight excluding hydrogens is 331 g/mol. The largest absolute Gasteiger partial charge is 0.464 e. The van der Waals surface area contributed by atoms with Crippen LogP contribution in [0.25, 0.3) is 22.3 Å². The normalized spacial score (nSPS) is 10.9. The maximum atomic E-state index is 11.7. The van der Waals surface area contributed by atoms with Crippen LogP contribution in [0.15, 0.2) is 22.8 Å². The molecule has 0 aliphatic heterocycles. The fraction of sp³-hybridized carbons (Fsp3) is 0.0769. The van der Waals surface area contributed by atoms with E-state index in [0.29, 0.717) is 22.3 Å². The first-order valence-electron chi connectivity index (χ1n) is 5.98. The molecule has 0 aliphatic carbocycles. The monoisotopic (exact) mass is 338 g/mol. The minimum absolute atomic E-state index is 0.0240. The number of halogens is 2. The summed E-state index contributed by atoms with van der Waals surface area (Å²) in [7, 11) is 1.23. The molecule has 0 fully saturated rings. The van der Waals surface area contributed by atoms with Gasteiger partial charge in [0.25, 0.3) is 0 Å². The summed E-state index contributed by atoms with van der Waals surface area (Å²) in [5.41, 5.74) is 7.68. The van der Waals surface area contributed by atoms with E-state index >= 15 is 0 Å². The van der Waals surface area contributed by atoms with Crippen LogP contribution in [-0.4, -0.2) is 28.4 Å². The third kappa shape index (κ3) is 2.24. The van der Waals surface area contributed by atoms with E-state index in [2.05, 4.69) is 24.7 Å². The first-order valence-corrected chi connectivity index (χ1v) is 6.74. The smallest absolute Gasteiger partial charge is 0.358 e. The lowest BCUT2D eigenvalue weighted by molar-refractivity contribution is 0.0594. The molecule has 0 unspecified atom stereocenters. The maximum Gasteiger partial charge on any atom is 0.358 e.